The molecule has 0 heterocycles. The van der Waals surface area contributed by atoms with E-state index in [0.29, 0.717) is 11.1 Å². The number of benzene rings is 2. The lowest BCUT2D eigenvalue weighted by Crippen LogP contribution is -2.10. The summed E-state index contributed by atoms with van der Waals surface area (Å²) in [6, 6.07) is 12.4. The number of para-hydroxylation sites is 1. The zero-order valence-electron chi connectivity index (χ0n) is 11.3. The molecule has 0 spiro atoms. The minimum atomic E-state index is -0.281. The van der Waals surface area contributed by atoms with Crippen LogP contribution in [0.3, 0.4) is 0 Å². The Morgan fingerprint density at radius 3 is 2.70 bits per heavy atom. The first-order valence-electron chi connectivity index (χ1n) is 6.52. The molecule has 2 rings (SSSR count). The summed E-state index contributed by atoms with van der Waals surface area (Å²) in [6.45, 7) is 2.34. The molecule has 20 heavy (non-hydrogen) atoms. The van der Waals surface area contributed by atoms with Crippen LogP contribution < -0.4 is 10.5 Å². The molecule has 2 aromatic carbocycles. The van der Waals surface area contributed by atoms with Crippen molar-refractivity contribution in [2.24, 2.45) is 5.73 Å². The standard InChI is InChI=1S/C16H17BrFNO/c1-2-15(19)14-5-3-4-6-16(14)20-10-11-7-12(17)9-13(18)8-11/h3-9,15H,2,10,19H2,1H3/t15-/m1/s1. The van der Waals surface area contributed by atoms with Gasteiger partial charge in [-0.3, -0.25) is 0 Å². The van der Waals surface area contributed by atoms with Gasteiger partial charge in [0.05, 0.1) is 0 Å². The molecule has 0 aliphatic rings. The van der Waals surface area contributed by atoms with Crippen molar-refractivity contribution in [2.45, 2.75) is 26.0 Å². The van der Waals surface area contributed by atoms with Crippen LogP contribution in [-0.4, -0.2) is 0 Å². The highest BCUT2D eigenvalue weighted by molar-refractivity contribution is 9.10. The van der Waals surface area contributed by atoms with Gasteiger partial charge in [-0.15, -0.1) is 0 Å². The van der Waals surface area contributed by atoms with Crippen LogP contribution >= 0.6 is 15.9 Å². The SMILES string of the molecule is CC[C@@H](N)c1ccccc1OCc1cc(F)cc(Br)c1. The fraction of sp³-hybridized carbons (Fsp3) is 0.250. The highest BCUT2D eigenvalue weighted by Gasteiger charge is 2.10. The minimum absolute atomic E-state index is 0.0505. The molecule has 2 N–H and O–H groups in total. The molecule has 1 atom stereocenters. The maximum absolute atomic E-state index is 13.3. The van der Waals surface area contributed by atoms with Crippen LogP contribution in [-0.2, 0) is 6.61 Å². The predicted octanol–water partition coefficient (Wildman–Crippen LogP) is 4.58. The molecular weight excluding hydrogens is 321 g/mol. The van der Waals surface area contributed by atoms with Crippen molar-refractivity contribution < 1.29 is 9.13 Å². The molecule has 0 fully saturated rings. The van der Waals surface area contributed by atoms with Gasteiger partial charge < -0.3 is 10.5 Å². The van der Waals surface area contributed by atoms with E-state index in [9.17, 15) is 4.39 Å². The first-order valence-corrected chi connectivity index (χ1v) is 7.31. The van der Waals surface area contributed by atoms with Crippen molar-refractivity contribution in [3.05, 3.63) is 63.9 Å². The van der Waals surface area contributed by atoms with Gasteiger partial charge in [-0.25, -0.2) is 4.39 Å². The Bertz CT molecular complexity index is 568. The van der Waals surface area contributed by atoms with Crippen LogP contribution in [0.1, 0.15) is 30.5 Å². The van der Waals surface area contributed by atoms with Crippen molar-refractivity contribution in [2.75, 3.05) is 0 Å². The molecular formula is C16H17BrFNO. The zero-order valence-corrected chi connectivity index (χ0v) is 12.9. The summed E-state index contributed by atoms with van der Waals surface area (Å²) in [6.07, 6.45) is 0.839. The maximum Gasteiger partial charge on any atom is 0.124 e. The molecule has 0 saturated carbocycles. The van der Waals surface area contributed by atoms with Crippen molar-refractivity contribution >= 4 is 15.9 Å². The van der Waals surface area contributed by atoms with Crippen LogP contribution in [0.25, 0.3) is 0 Å². The average molecular weight is 338 g/mol. The first kappa shape index (κ1) is 15.0. The quantitative estimate of drug-likeness (QED) is 0.866. The second kappa shape index (κ2) is 6.86. The lowest BCUT2D eigenvalue weighted by molar-refractivity contribution is 0.300. The fourth-order valence-corrected chi connectivity index (χ4v) is 2.51. The van der Waals surface area contributed by atoms with Crippen molar-refractivity contribution in [1.82, 2.24) is 0 Å². The zero-order chi connectivity index (χ0) is 14.5. The van der Waals surface area contributed by atoms with Gasteiger partial charge >= 0.3 is 0 Å². The number of hydrogen-bond acceptors (Lipinski definition) is 2. The van der Waals surface area contributed by atoms with E-state index < -0.39 is 0 Å². The molecule has 0 bridgehead atoms. The van der Waals surface area contributed by atoms with Crippen LogP contribution in [0, 0.1) is 5.82 Å². The minimum Gasteiger partial charge on any atom is -0.489 e. The number of halogens is 2. The van der Waals surface area contributed by atoms with Crippen LogP contribution in [0.15, 0.2) is 46.9 Å². The number of ether oxygens (including phenoxy) is 1. The topological polar surface area (TPSA) is 35.2 Å². The molecule has 0 aliphatic carbocycles. The number of rotatable bonds is 5. The lowest BCUT2D eigenvalue weighted by atomic mass is 10.0. The largest absolute Gasteiger partial charge is 0.489 e. The Hall–Kier alpha value is -1.39. The van der Waals surface area contributed by atoms with E-state index in [-0.39, 0.29) is 11.9 Å². The lowest BCUT2D eigenvalue weighted by Gasteiger charge is -2.15. The third kappa shape index (κ3) is 3.81. The maximum atomic E-state index is 13.3. The second-order valence-electron chi connectivity index (χ2n) is 4.62. The number of nitrogens with two attached hydrogens (primary N) is 1. The summed E-state index contributed by atoms with van der Waals surface area (Å²) in [4.78, 5) is 0. The molecule has 2 aromatic rings. The summed E-state index contributed by atoms with van der Waals surface area (Å²) in [7, 11) is 0. The Morgan fingerprint density at radius 2 is 2.00 bits per heavy atom. The normalized spacial score (nSPS) is 12.2. The second-order valence-corrected chi connectivity index (χ2v) is 5.53. The Morgan fingerprint density at radius 1 is 1.25 bits per heavy atom. The molecule has 2 nitrogen and oxygen atoms in total. The summed E-state index contributed by atoms with van der Waals surface area (Å²) >= 11 is 3.27. The summed E-state index contributed by atoms with van der Waals surface area (Å²) in [5, 5.41) is 0. The molecule has 0 amide bonds. The van der Waals surface area contributed by atoms with E-state index in [1.54, 1.807) is 0 Å². The Balaban J connectivity index is 2.14. The fourth-order valence-electron chi connectivity index (χ4n) is 1.99. The van der Waals surface area contributed by atoms with E-state index in [0.717, 1.165) is 23.3 Å². The monoisotopic (exact) mass is 337 g/mol. The average Bonchev–Trinajstić information content (AvgIpc) is 2.43. The summed E-state index contributed by atoms with van der Waals surface area (Å²) in [5.74, 6) is 0.471. The van der Waals surface area contributed by atoms with Gasteiger partial charge in [0.1, 0.15) is 18.2 Å². The van der Waals surface area contributed by atoms with Crippen LogP contribution in [0.5, 0.6) is 5.75 Å². The van der Waals surface area contributed by atoms with Crippen LogP contribution in [0.2, 0.25) is 0 Å². The highest BCUT2D eigenvalue weighted by Crippen LogP contribution is 2.26. The third-order valence-corrected chi connectivity index (χ3v) is 3.53. The molecule has 0 radical (unpaired) electrons. The summed E-state index contributed by atoms with van der Waals surface area (Å²) in [5.41, 5.74) is 7.82. The van der Waals surface area contributed by atoms with Gasteiger partial charge in [-0.2, -0.15) is 0 Å². The molecule has 0 aromatic heterocycles. The highest BCUT2D eigenvalue weighted by atomic mass is 79.9. The van der Waals surface area contributed by atoms with Crippen molar-refractivity contribution in [3.63, 3.8) is 0 Å². The Kier molecular flexibility index (Phi) is 5.15. The molecule has 0 unspecified atom stereocenters. The van der Waals surface area contributed by atoms with Gasteiger partial charge in [0.2, 0.25) is 0 Å². The molecule has 0 saturated heterocycles. The van der Waals surface area contributed by atoms with Gasteiger partial charge in [0, 0.05) is 16.1 Å². The summed E-state index contributed by atoms with van der Waals surface area (Å²) < 4.78 is 19.8. The van der Waals surface area contributed by atoms with E-state index in [1.165, 1.54) is 12.1 Å². The molecule has 106 valence electrons. The molecule has 4 heteroatoms. The van der Waals surface area contributed by atoms with Gasteiger partial charge in [0.25, 0.3) is 0 Å². The van der Waals surface area contributed by atoms with E-state index in [4.69, 9.17) is 10.5 Å². The van der Waals surface area contributed by atoms with E-state index >= 15 is 0 Å². The van der Waals surface area contributed by atoms with Gasteiger partial charge in [-0.05, 0) is 36.2 Å². The van der Waals surface area contributed by atoms with E-state index in [1.807, 2.05) is 37.3 Å². The van der Waals surface area contributed by atoms with Crippen molar-refractivity contribution in [1.29, 1.82) is 0 Å². The van der Waals surface area contributed by atoms with Gasteiger partial charge in [-0.1, -0.05) is 41.1 Å². The molecule has 0 aliphatic heterocycles. The number of hydrogen-bond donors (Lipinski definition) is 1. The third-order valence-electron chi connectivity index (χ3n) is 3.07. The smallest absolute Gasteiger partial charge is 0.124 e. The van der Waals surface area contributed by atoms with Crippen molar-refractivity contribution in [3.8, 4) is 5.75 Å². The van der Waals surface area contributed by atoms with Gasteiger partial charge in [0.15, 0.2) is 0 Å². The Labute approximate surface area is 126 Å². The predicted molar refractivity (Wildman–Crippen MR) is 82.1 cm³/mol. The van der Waals surface area contributed by atoms with E-state index in [2.05, 4.69) is 15.9 Å². The first-order chi connectivity index (χ1) is 9.60. The van der Waals surface area contributed by atoms with Crippen LogP contribution in [0.4, 0.5) is 4.39 Å².